The molecule has 6 heteroatoms. The summed E-state index contributed by atoms with van der Waals surface area (Å²) in [4.78, 5) is 23.3. The van der Waals surface area contributed by atoms with Crippen LogP contribution in [0, 0.1) is 5.89 Å². The number of amides is 1. The van der Waals surface area contributed by atoms with Crippen molar-refractivity contribution in [1.29, 1.82) is 0 Å². The summed E-state index contributed by atoms with van der Waals surface area (Å²) in [6, 6.07) is -3.85. The van der Waals surface area contributed by atoms with Crippen LogP contribution in [0.4, 0.5) is 4.79 Å². The number of rotatable bonds is 4. The molecule has 0 aromatic carbocycles. The summed E-state index contributed by atoms with van der Waals surface area (Å²) in [5, 5.41) is 10.6. The molecule has 0 unspecified atom stereocenters. The lowest BCUT2D eigenvalue weighted by atomic mass is 10.0. The average Bonchev–Trinajstić information content (AvgIpc) is 2.31. The van der Waals surface area contributed by atoms with Gasteiger partial charge in [-0.25, -0.2) is 9.59 Å². The van der Waals surface area contributed by atoms with Gasteiger partial charge in [-0.1, -0.05) is 13.7 Å². The van der Waals surface area contributed by atoms with Crippen molar-refractivity contribution in [3.63, 3.8) is 0 Å². The van der Waals surface area contributed by atoms with E-state index in [2.05, 4.69) is 0 Å². The molecule has 0 aliphatic heterocycles. The van der Waals surface area contributed by atoms with Crippen LogP contribution in [0.3, 0.4) is 0 Å². The highest BCUT2D eigenvalue weighted by molar-refractivity contribution is 5.79. The minimum Gasteiger partial charge on any atom is -0.480 e. The normalized spacial score (nSPS) is 26.1. The van der Waals surface area contributed by atoms with Gasteiger partial charge in [-0.3, -0.25) is 0 Å². The van der Waals surface area contributed by atoms with E-state index in [1.54, 1.807) is 0 Å². The number of carboxylic acids is 1. The smallest absolute Gasteiger partial charge is 0.408 e. The first-order chi connectivity index (χ1) is 11.0. The number of nitrogens with one attached hydrogen (secondary N) is 1. The van der Waals surface area contributed by atoms with E-state index in [1.807, 2.05) is 0 Å². The molecule has 0 radical (unpaired) electrons. The molecule has 0 spiro atoms. The zero-order valence-corrected chi connectivity index (χ0v) is 9.67. The second-order valence-corrected chi connectivity index (χ2v) is 3.81. The van der Waals surface area contributed by atoms with Crippen molar-refractivity contribution < 1.29 is 38.6 Å². The van der Waals surface area contributed by atoms with Gasteiger partial charge in [-0.15, -0.1) is 0 Å². The number of carbonyl (C=O) groups is 2. The van der Waals surface area contributed by atoms with Gasteiger partial charge < -0.3 is 20.6 Å². The Hall–Kier alpha value is -1.30. The lowest BCUT2D eigenvalue weighted by molar-refractivity contribution is -0.139. The molecule has 0 rings (SSSR count). The molecule has 0 aliphatic carbocycles. The quantitative estimate of drug-likeness (QED) is 0.790. The van der Waals surface area contributed by atoms with Gasteiger partial charge in [0.05, 0.1) is 1.37 Å². The Balaban J connectivity index is 0. The molecule has 0 saturated carbocycles. The Morgan fingerprint density at radius 3 is 2.41 bits per heavy atom. The number of alkyl carbamates (subject to hydrolysis) is 1. The monoisotopic (exact) mass is 259 g/mol. The molecule has 4 N–H and O–H groups in total. The summed E-state index contributed by atoms with van der Waals surface area (Å²) in [6.45, 7) is -3.58. The predicted molar refractivity (Wildman–Crippen MR) is 63.9 cm³/mol. The van der Waals surface area contributed by atoms with Crippen LogP contribution in [0.2, 0.25) is 0 Å². The van der Waals surface area contributed by atoms with E-state index in [0.29, 0.717) is 0 Å². The standard InChI is InChI=1S/C11H21NO4.H2O/c1-7(2)6-8(9(13)14)12-10(15)16-11(3,4)5;/h7-8H,6H2,1-5H3,(H,12,15)(H,13,14);1H2/t8-;/m0./s1/i1D3,2D3,6D2,7D,8D;. The SMILES string of the molecule is O.[2H]C([2H])([2H])C([2H])(C([2H])([2H])[2H])C([2H])([2H])[C@]([2H])(NC(=O)OC(C)(C)C)C(=O)O. The molecule has 0 bridgehead atoms. The van der Waals surface area contributed by atoms with Gasteiger partial charge in [0.25, 0.3) is 0 Å². The molecule has 0 aromatic rings. The zero-order chi connectivity index (χ0) is 21.6. The van der Waals surface area contributed by atoms with Crippen molar-refractivity contribution in [1.82, 2.24) is 5.32 Å². The van der Waals surface area contributed by atoms with Gasteiger partial charge in [0.1, 0.15) is 11.6 Å². The summed E-state index contributed by atoms with van der Waals surface area (Å²) in [5.74, 6) is -6.46. The number of hydrogen-bond acceptors (Lipinski definition) is 3. The summed E-state index contributed by atoms with van der Waals surface area (Å²) in [5.41, 5.74) is -1.18. The topological polar surface area (TPSA) is 107 Å². The van der Waals surface area contributed by atoms with Crippen LogP contribution in [0.1, 0.15) is 54.6 Å². The first-order valence-corrected chi connectivity index (χ1v) is 4.29. The zero-order valence-electron chi connectivity index (χ0n) is 19.7. The van der Waals surface area contributed by atoms with Crippen molar-refractivity contribution in [3.05, 3.63) is 0 Å². The van der Waals surface area contributed by atoms with Crippen molar-refractivity contribution in [2.75, 3.05) is 0 Å². The summed E-state index contributed by atoms with van der Waals surface area (Å²) in [7, 11) is 0. The lowest BCUT2D eigenvalue weighted by Crippen LogP contribution is -2.44. The third-order valence-electron chi connectivity index (χ3n) is 1.09. The van der Waals surface area contributed by atoms with Gasteiger partial charge in [0.15, 0.2) is 0 Å². The fourth-order valence-corrected chi connectivity index (χ4v) is 0.669. The molecule has 1 amide bonds. The predicted octanol–water partition coefficient (Wildman–Crippen LogP) is 1.19. The van der Waals surface area contributed by atoms with E-state index in [9.17, 15) is 14.7 Å². The maximum absolute atomic E-state index is 11.8. The lowest BCUT2D eigenvalue weighted by Gasteiger charge is -2.22. The Morgan fingerprint density at radius 2 is 2.06 bits per heavy atom. The van der Waals surface area contributed by atoms with Gasteiger partial charge >= 0.3 is 12.1 Å². The number of hydrogen-bond donors (Lipinski definition) is 2. The Labute approximate surface area is 116 Å². The highest BCUT2D eigenvalue weighted by atomic mass is 16.6. The fraction of sp³-hybridized carbons (Fsp3) is 0.818. The molecule has 6 nitrogen and oxygen atoms in total. The Kier molecular flexibility index (Phi) is 2.53. The van der Waals surface area contributed by atoms with Gasteiger partial charge in [-0.2, -0.15) is 0 Å². The molecular formula is C11H23NO5. The van der Waals surface area contributed by atoms with Crippen molar-refractivity contribution in [3.8, 4) is 0 Å². The van der Waals surface area contributed by atoms with E-state index in [1.165, 1.54) is 26.1 Å². The fourth-order valence-electron chi connectivity index (χ4n) is 0.669. The van der Waals surface area contributed by atoms with E-state index < -0.39 is 49.7 Å². The van der Waals surface area contributed by atoms with Crippen LogP contribution < -0.4 is 5.32 Å². The summed E-state index contributed by atoms with van der Waals surface area (Å²) >= 11 is 0. The number of aliphatic carboxylic acids is 1. The molecular weight excluding hydrogens is 226 g/mol. The van der Waals surface area contributed by atoms with Crippen molar-refractivity contribution >= 4 is 12.1 Å². The van der Waals surface area contributed by atoms with E-state index in [0.717, 1.165) is 0 Å². The van der Waals surface area contributed by atoms with Gasteiger partial charge in [0.2, 0.25) is 0 Å². The van der Waals surface area contributed by atoms with Crippen LogP contribution in [-0.4, -0.2) is 34.3 Å². The summed E-state index contributed by atoms with van der Waals surface area (Å²) in [6.07, 6.45) is -5.70. The Bertz CT molecular complexity index is 553. The maximum atomic E-state index is 11.8. The van der Waals surface area contributed by atoms with Crippen LogP contribution >= 0.6 is 0 Å². The highest BCUT2D eigenvalue weighted by Crippen LogP contribution is 2.09. The van der Waals surface area contributed by atoms with Crippen LogP contribution in [-0.2, 0) is 9.53 Å². The van der Waals surface area contributed by atoms with Crippen LogP contribution in [0.15, 0.2) is 0 Å². The molecule has 17 heavy (non-hydrogen) atoms. The minimum absolute atomic E-state index is 0. The molecule has 0 heterocycles. The molecule has 0 aromatic heterocycles. The van der Waals surface area contributed by atoms with Crippen LogP contribution in [0.5, 0.6) is 0 Å². The van der Waals surface area contributed by atoms with Crippen molar-refractivity contribution in [2.45, 2.75) is 52.5 Å². The van der Waals surface area contributed by atoms with E-state index in [-0.39, 0.29) is 5.48 Å². The van der Waals surface area contributed by atoms with Gasteiger partial charge in [0, 0.05) is 12.3 Å². The van der Waals surface area contributed by atoms with E-state index in [4.69, 9.17) is 18.4 Å². The first-order valence-electron chi connectivity index (χ1n) is 9.29. The number of carbonyl (C=O) groups excluding carboxylic acids is 1. The van der Waals surface area contributed by atoms with Gasteiger partial charge in [-0.05, 0) is 33.0 Å². The van der Waals surface area contributed by atoms with Crippen LogP contribution in [0.25, 0.3) is 0 Å². The molecule has 0 fully saturated rings. The van der Waals surface area contributed by atoms with E-state index >= 15 is 0 Å². The third-order valence-corrected chi connectivity index (χ3v) is 1.09. The third kappa shape index (κ3) is 9.62. The minimum atomic E-state index is -4.10. The molecule has 1 atom stereocenters. The second-order valence-electron chi connectivity index (χ2n) is 3.81. The number of carboxylic acid groups (broad SMARTS) is 1. The average molecular weight is 259 g/mol. The maximum Gasteiger partial charge on any atom is 0.408 e. The number of ether oxygens (including phenoxy) is 1. The molecule has 102 valence electrons. The molecule has 0 aliphatic rings. The summed E-state index contributed by atoms with van der Waals surface area (Å²) < 4.78 is 79.6. The largest absolute Gasteiger partial charge is 0.480 e. The van der Waals surface area contributed by atoms with Crippen molar-refractivity contribution in [2.24, 2.45) is 5.89 Å². The highest BCUT2D eigenvalue weighted by Gasteiger charge is 2.24. The first kappa shape index (κ1) is 6.04. The second kappa shape index (κ2) is 7.11. The molecule has 0 saturated heterocycles. The Morgan fingerprint density at radius 1 is 1.53 bits per heavy atom.